The van der Waals surface area contributed by atoms with Crippen LogP contribution in [0.5, 0.6) is 0 Å². The van der Waals surface area contributed by atoms with Crippen LogP contribution in [0.3, 0.4) is 0 Å². The number of rotatable bonds is 4. The molecular formula is C13H15NO2. The van der Waals surface area contributed by atoms with Gasteiger partial charge < -0.3 is 9.30 Å². The Kier molecular flexibility index (Phi) is 3.06. The van der Waals surface area contributed by atoms with E-state index in [0.29, 0.717) is 5.56 Å². The molecule has 1 aromatic carbocycles. The molecule has 0 bridgehead atoms. The molecule has 16 heavy (non-hydrogen) atoms. The minimum absolute atomic E-state index is 0.182. The van der Waals surface area contributed by atoms with E-state index in [0.717, 1.165) is 23.7 Å². The zero-order valence-electron chi connectivity index (χ0n) is 9.51. The summed E-state index contributed by atoms with van der Waals surface area (Å²) in [4.78, 5) is 10.7. The van der Waals surface area contributed by atoms with Gasteiger partial charge in [-0.1, -0.05) is 0 Å². The average Bonchev–Trinajstić information content (AvgIpc) is 2.71. The van der Waals surface area contributed by atoms with Crippen LogP contribution in [0.15, 0.2) is 30.5 Å². The summed E-state index contributed by atoms with van der Waals surface area (Å²) in [7, 11) is 1.71. The van der Waals surface area contributed by atoms with Crippen molar-refractivity contribution < 1.29 is 9.53 Å². The first kappa shape index (κ1) is 10.9. The highest BCUT2D eigenvalue weighted by Crippen LogP contribution is 2.17. The molecule has 1 atom stereocenters. The monoisotopic (exact) mass is 217 g/mol. The minimum atomic E-state index is 0.182. The summed E-state index contributed by atoms with van der Waals surface area (Å²) in [5.41, 5.74) is 1.85. The smallest absolute Gasteiger partial charge is 0.150 e. The van der Waals surface area contributed by atoms with Gasteiger partial charge in [0.1, 0.15) is 6.29 Å². The lowest BCUT2D eigenvalue weighted by Crippen LogP contribution is -2.13. The van der Waals surface area contributed by atoms with Gasteiger partial charge in [0.2, 0.25) is 0 Å². The second-order valence-corrected chi connectivity index (χ2v) is 3.95. The molecule has 0 radical (unpaired) electrons. The third-order valence-electron chi connectivity index (χ3n) is 2.79. The summed E-state index contributed by atoms with van der Waals surface area (Å²) >= 11 is 0. The van der Waals surface area contributed by atoms with Gasteiger partial charge in [0, 0.05) is 36.3 Å². The minimum Gasteiger partial charge on any atom is -0.380 e. The third kappa shape index (κ3) is 1.99. The molecule has 3 nitrogen and oxygen atoms in total. The number of carbonyl (C=O) groups excluding carboxylic acids is 1. The molecule has 2 aromatic rings. The standard InChI is InChI=1S/C13H15NO2/c1-10(16-2)8-14-6-5-12-7-11(9-15)3-4-13(12)14/h3-7,9-10H,8H2,1-2H3. The summed E-state index contributed by atoms with van der Waals surface area (Å²) in [6.45, 7) is 2.85. The van der Waals surface area contributed by atoms with Crippen LogP contribution in [-0.2, 0) is 11.3 Å². The molecule has 84 valence electrons. The first-order valence-electron chi connectivity index (χ1n) is 5.31. The van der Waals surface area contributed by atoms with Crippen LogP contribution >= 0.6 is 0 Å². The Balaban J connectivity index is 2.37. The molecule has 0 aliphatic carbocycles. The summed E-state index contributed by atoms with van der Waals surface area (Å²) in [6, 6.07) is 7.73. The maximum absolute atomic E-state index is 10.7. The van der Waals surface area contributed by atoms with Gasteiger partial charge in [-0.25, -0.2) is 0 Å². The molecule has 0 amide bonds. The Morgan fingerprint density at radius 1 is 1.44 bits per heavy atom. The van der Waals surface area contributed by atoms with Crippen LogP contribution in [0.2, 0.25) is 0 Å². The third-order valence-corrected chi connectivity index (χ3v) is 2.79. The topological polar surface area (TPSA) is 31.2 Å². The predicted molar refractivity (Wildman–Crippen MR) is 63.8 cm³/mol. The first-order valence-corrected chi connectivity index (χ1v) is 5.31. The molecular weight excluding hydrogens is 202 g/mol. The van der Waals surface area contributed by atoms with Crippen molar-refractivity contribution >= 4 is 17.2 Å². The molecule has 2 rings (SSSR count). The first-order chi connectivity index (χ1) is 7.74. The van der Waals surface area contributed by atoms with Crippen LogP contribution in [0, 0.1) is 0 Å². The molecule has 0 saturated heterocycles. The number of benzene rings is 1. The van der Waals surface area contributed by atoms with Gasteiger partial charge >= 0.3 is 0 Å². The van der Waals surface area contributed by atoms with Gasteiger partial charge in [-0.05, 0) is 31.2 Å². The lowest BCUT2D eigenvalue weighted by Gasteiger charge is -2.11. The largest absolute Gasteiger partial charge is 0.380 e. The Labute approximate surface area is 94.6 Å². The number of hydrogen-bond donors (Lipinski definition) is 0. The van der Waals surface area contributed by atoms with Crippen molar-refractivity contribution in [1.82, 2.24) is 4.57 Å². The maximum atomic E-state index is 10.7. The van der Waals surface area contributed by atoms with E-state index in [9.17, 15) is 4.79 Å². The van der Waals surface area contributed by atoms with E-state index in [1.165, 1.54) is 0 Å². The van der Waals surface area contributed by atoms with Crippen molar-refractivity contribution in [1.29, 1.82) is 0 Å². The molecule has 0 saturated carbocycles. The average molecular weight is 217 g/mol. The quantitative estimate of drug-likeness (QED) is 0.737. The van der Waals surface area contributed by atoms with E-state index in [-0.39, 0.29) is 6.10 Å². The Hall–Kier alpha value is -1.61. The van der Waals surface area contributed by atoms with Crippen molar-refractivity contribution in [3.8, 4) is 0 Å². The Bertz CT molecular complexity index is 502. The van der Waals surface area contributed by atoms with Crippen molar-refractivity contribution in [3.05, 3.63) is 36.0 Å². The molecule has 1 heterocycles. The van der Waals surface area contributed by atoms with Gasteiger partial charge in [0.25, 0.3) is 0 Å². The van der Waals surface area contributed by atoms with Crippen LogP contribution in [0.4, 0.5) is 0 Å². The number of carbonyl (C=O) groups is 1. The lowest BCUT2D eigenvalue weighted by molar-refractivity contribution is 0.104. The Morgan fingerprint density at radius 2 is 2.25 bits per heavy atom. The number of fused-ring (bicyclic) bond motifs is 1. The van der Waals surface area contributed by atoms with E-state index in [1.807, 2.05) is 37.4 Å². The highest BCUT2D eigenvalue weighted by molar-refractivity contribution is 5.87. The van der Waals surface area contributed by atoms with Crippen molar-refractivity contribution in [2.24, 2.45) is 0 Å². The predicted octanol–water partition coefficient (Wildman–Crippen LogP) is 2.49. The van der Waals surface area contributed by atoms with Crippen molar-refractivity contribution in [2.45, 2.75) is 19.6 Å². The fourth-order valence-corrected chi connectivity index (χ4v) is 1.80. The summed E-state index contributed by atoms with van der Waals surface area (Å²) in [5, 5.41) is 1.09. The van der Waals surface area contributed by atoms with E-state index < -0.39 is 0 Å². The van der Waals surface area contributed by atoms with Gasteiger partial charge in [0.15, 0.2) is 0 Å². The van der Waals surface area contributed by atoms with Gasteiger partial charge in [-0.3, -0.25) is 4.79 Å². The normalized spacial score (nSPS) is 12.9. The highest BCUT2D eigenvalue weighted by Gasteiger charge is 2.05. The van der Waals surface area contributed by atoms with E-state index in [2.05, 4.69) is 4.57 Å². The summed E-state index contributed by atoms with van der Waals surface area (Å²) < 4.78 is 7.38. The van der Waals surface area contributed by atoms with E-state index in [1.54, 1.807) is 7.11 Å². The lowest BCUT2D eigenvalue weighted by atomic mass is 10.2. The molecule has 0 spiro atoms. The van der Waals surface area contributed by atoms with Gasteiger partial charge in [0.05, 0.1) is 6.10 Å². The molecule has 3 heteroatoms. The second-order valence-electron chi connectivity index (χ2n) is 3.95. The van der Waals surface area contributed by atoms with Crippen LogP contribution in [0.1, 0.15) is 17.3 Å². The molecule has 0 fully saturated rings. The van der Waals surface area contributed by atoms with Gasteiger partial charge in [-0.15, -0.1) is 0 Å². The van der Waals surface area contributed by atoms with E-state index in [4.69, 9.17) is 4.74 Å². The van der Waals surface area contributed by atoms with Crippen molar-refractivity contribution in [2.75, 3.05) is 7.11 Å². The molecule has 1 aromatic heterocycles. The number of aldehydes is 1. The van der Waals surface area contributed by atoms with Gasteiger partial charge in [-0.2, -0.15) is 0 Å². The fourth-order valence-electron chi connectivity index (χ4n) is 1.80. The highest BCUT2D eigenvalue weighted by atomic mass is 16.5. The van der Waals surface area contributed by atoms with Crippen LogP contribution in [0.25, 0.3) is 10.9 Å². The number of methoxy groups -OCH3 is 1. The number of ether oxygens (including phenoxy) is 1. The zero-order chi connectivity index (χ0) is 11.5. The fraction of sp³-hybridized carbons (Fsp3) is 0.308. The summed E-state index contributed by atoms with van der Waals surface area (Å²) in [5.74, 6) is 0. The van der Waals surface area contributed by atoms with Crippen LogP contribution < -0.4 is 0 Å². The van der Waals surface area contributed by atoms with Crippen LogP contribution in [-0.4, -0.2) is 24.1 Å². The molecule has 1 unspecified atom stereocenters. The SMILES string of the molecule is COC(C)Cn1ccc2cc(C=O)ccc21. The Morgan fingerprint density at radius 3 is 2.94 bits per heavy atom. The molecule has 0 aliphatic heterocycles. The number of hydrogen-bond acceptors (Lipinski definition) is 2. The maximum Gasteiger partial charge on any atom is 0.150 e. The second kappa shape index (κ2) is 4.49. The molecule has 0 N–H and O–H groups in total. The number of aromatic nitrogens is 1. The van der Waals surface area contributed by atoms with E-state index >= 15 is 0 Å². The zero-order valence-corrected chi connectivity index (χ0v) is 9.51. The molecule has 0 aliphatic rings. The van der Waals surface area contributed by atoms with Crippen molar-refractivity contribution in [3.63, 3.8) is 0 Å². The number of nitrogens with zero attached hydrogens (tertiary/aromatic N) is 1. The summed E-state index contributed by atoms with van der Waals surface area (Å²) in [6.07, 6.45) is 3.07.